The Balaban J connectivity index is 1.36. The molecule has 9 rings (SSSR count). The molecular formula is C37H25N. The molecule has 0 radical (unpaired) electrons. The number of rotatable bonds is 1. The molecule has 0 N–H and O–H groups in total. The van der Waals surface area contributed by atoms with Crippen LogP contribution in [0.3, 0.4) is 0 Å². The second-order valence-corrected chi connectivity index (χ2v) is 11.4. The molecule has 1 heteroatoms. The van der Waals surface area contributed by atoms with Crippen LogP contribution in [0.4, 0.5) is 0 Å². The highest BCUT2D eigenvalue weighted by Gasteiger charge is 2.36. The molecule has 1 nitrogen and oxygen atoms in total. The third kappa shape index (κ3) is 2.38. The van der Waals surface area contributed by atoms with Gasteiger partial charge in [0.2, 0.25) is 0 Å². The summed E-state index contributed by atoms with van der Waals surface area (Å²) >= 11 is 0. The molecular weight excluding hydrogens is 458 g/mol. The maximum Gasteiger partial charge on any atom is 0.0544 e. The highest BCUT2D eigenvalue weighted by molar-refractivity contribution is 6.16. The Morgan fingerprint density at radius 1 is 0.474 bits per heavy atom. The second-order valence-electron chi connectivity index (χ2n) is 11.4. The molecule has 0 spiro atoms. The van der Waals surface area contributed by atoms with E-state index in [-0.39, 0.29) is 5.41 Å². The highest BCUT2D eigenvalue weighted by atomic mass is 15.0. The number of benzene rings is 6. The molecule has 1 aromatic heterocycles. The van der Waals surface area contributed by atoms with Gasteiger partial charge >= 0.3 is 0 Å². The van der Waals surface area contributed by atoms with Crippen LogP contribution in [0.15, 0.2) is 115 Å². The van der Waals surface area contributed by atoms with Crippen molar-refractivity contribution >= 4 is 32.6 Å². The van der Waals surface area contributed by atoms with Crippen molar-refractivity contribution in [2.75, 3.05) is 0 Å². The van der Waals surface area contributed by atoms with Gasteiger partial charge in [0.15, 0.2) is 0 Å². The standard InChI is InChI=1S/C37H25N/c1-37(2)32-15-5-3-11-25(32)30-20-31-26-12-4-6-16-34(26)38(35(31)21-33(30)37)23-17-18-24-27-13-7-9-22-10-8-14-28(36(22)27)29(24)19-23/h3-21H,1-2H3. The summed E-state index contributed by atoms with van der Waals surface area (Å²) in [4.78, 5) is 0. The SMILES string of the molecule is CC1(C)c2ccccc2-c2cc3c4ccccc4n(-c4ccc5c(c4)-c4cccc6cccc-5c46)c3cc21. The molecule has 178 valence electrons. The van der Waals surface area contributed by atoms with Gasteiger partial charge in [0, 0.05) is 21.9 Å². The van der Waals surface area contributed by atoms with Crippen LogP contribution in [-0.2, 0) is 5.41 Å². The minimum Gasteiger partial charge on any atom is -0.309 e. The zero-order chi connectivity index (χ0) is 25.2. The summed E-state index contributed by atoms with van der Waals surface area (Å²) in [6, 6.07) is 43.1. The molecule has 2 aliphatic carbocycles. The van der Waals surface area contributed by atoms with Crippen LogP contribution in [0.2, 0.25) is 0 Å². The molecule has 1 heterocycles. The zero-order valence-electron chi connectivity index (χ0n) is 21.4. The molecule has 0 saturated carbocycles. The van der Waals surface area contributed by atoms with E-state index in [2.05, 4.69) is 134 Å². The topological polar surface area (TPSA) is 4.93 Å². The Labute approximate surface area is 221 Å². The summed E-state index contributed by atoms with van der Waals surface area (Å²) in [5.41, 5.74) is 14.6. The fraction of sp³-hybridized carbons (Fsp3) is 0.0811. The smallest absolute Gasteiger partial charge is 0.0544 e. The maximum absolute atomic E-state index is 2.48. The molecule has 0 fully saturated rings. The Morgan fingerprint density at radius 2 is 1.21 bits per heavy atom. The van der Waals surface area contributed by atoms with E-state index >= 15 is 0 Å². The van der Waals surface area contributed by atoms with E-state index in [0.717, 1.165) is 0 Å². The molecule has 0 bridgehead atoms. The predicted octanol–water partition coefficient (Wildman–Crippen LogP) is 9.89. The fourth-order valence-corrected chi connectivity index (χ4v) is 7.36. The molecule has 0 unspecified atom stereocenters. The first-order chi connectivity index (χ1) is 18.6. The van der Waals surface area contributed by atoms with Crippen molar-refractivity contribution in [2.45, 2.75) is 19.3 Å². The summed E-state index contributed by atoms with van der Waals surface area (Å²) in [5.74, 6) is 0. The molecule has 6 aromatic carbocycles. The fourth-order valence-electron chi connectivity index (χ4n) is 7.36. The number of hydrogen-bond acceptors (Lipinski definition) is 0. The summed E-state index contributed by atoms with van der Waals surface area (Å²) in [5, 5.41) is 5.31. The average Bonchev–Trinajstić information content (AvgIpc) is 3.53. The van der Waals surface area contributed by atoms with Gasteiger partial charge in [0.1, 0.15) is 0 Å². The lowest BCUT2D eigenvalue weighted by Crippen LogP contribution is -2.14. The van der Waals surface area contributed by atoms with Crippen LogP contribution in [-0.4, -0.2) is 4.57 Å². The lowest BCUT2D eigenvalue weighted by molar-refractivity contribution is 0.661. The number of fused-ring (bicyclic) bond motifs is 9. The van der Waals surface area contributed by atoms with E-state index in [1.54, 1.807) is 0 Å². The normalized spacial score (nSPS) is 14.3. The number of hydrogen-bond donors (Lipinski definition) is 0. The summed E-state index contributed by atoms with van der Waals surface area (Å²) in [7, 11) is 0. The Kier molecular flexibility index (Phi) is 3.67. The molecule has 0 atom stereocenters. The number of nitrogens with zero attached hydrogens (tertiary/aromatic N) is 1. The number of aromatic nitrogens is 1. The van der Waals surface area contributed by atoms with E-state index < -0.39 is 0 Å². The van der Waals surface area contributed by atoms with Crippen molar-refractivity contribution in [2.24, 2.45) is 0 Å². The monoisotopic (exact) mass is 483 g/mol. The van der Waals surface area contributed by atoms with E-state index in [0.29, 0.717) is 0 Å². The quantitative estimate of drug-likeness (QED) is 0.219. The van der Waals surface area contributed by atoms with Gasteiger partial charge < -0.3 is 4.57 Å². The lowest BCUT2D eigenvalue weighted by Gasteiger charge is -2.21. The van der Waals surface area contributed by atoms with E-state index in [4.69, 9.17) is 0 Å². The third-order valence-electron chi connectivity index (χ3n) is 9.12. The minimum atomic E-state index is -0.0311. The van der Waals surface area contributed by atoms with E-state index in [9.17, 15) is 0 Å². The van der Waals surface area contributed by atoms with Crippen LogP contribution in [0, 0.1) is 0 Å². The van der Waals surface area contributed by atoms with Gasteiger partial charge in [-0.2, -0.15) is 0 Å². The second kappa shape index (κ2) is 6.82. The van der Waals surface area contributed by atoms with Gasteiger partial charge in [-0.3, -0.25) is 0 Å². The molecule has 7 aromatic rings. The molecule has 0 saturated heterocycles. The van der Waals surface area contributed by atoms with Gasteiger partial charge in [0.05, 0.1) is 11.0 Å². The van der Waals surface area contributed by atoms with Gasteiger partial charge in [-0.1, -0.05) is 98.8 Å². The van der Waals surface area contributed by atoms with Gasteiger partial charge in [-0.05, 0) is 85.6 Å². The molecule has 38 heavy (non-hydrogen) atoms. The Bertz CT molecular complexity index is 2150. The van der Waals surface area contributed by atoms with E-state index in [1.165, 1.54) is 82.8 Å². The zero-order valence-corrected chi connectivity index (χ0v) is 21.4. The van der Waals surface area contributed by atoms with Gasteiger partial charge in [-0.15, -0.1) is 0 Å². The van der Waals surface area contributed by atoms with Crippen molar-refractivity contribution < 1.29 is 0 Å². The lowest BCUT2D eigenvalue weighted by atomic mass is 9.82. The molecule has 0 aliphatic heterocycles. The van der Waals surface area contributed by atoms with Crippen LogP contribution in [0.25, 0.3) is 71.6 Å². The first kappa shape index (κ1) is 20.4. The Morgan fingerprint density at radius 3 is 2.08 bits per heavy atom. The van der Waals surface area contributed by atoms with Crippen LogP contribution >= 0.6 is 0 Å². The van der Waals surface area contributed by atoms with Crippen molar-refractivity contribution in [3.8, 4) is 39.1 Å². The van der Waals surface area contributed by atoms with Crippen molar-refractivity contribution in [3.05, 3.63) is 126 Å². The maximum atomic E-state index is 2.48. The first-order valence-corrected chi connectivity index (χ1v) is 13.5. The summed E-state index contributed by atoms with van der Waals surface area (Å²) in [6.45, 7) is 4.73. The minimum absolute atomic E-state index is 0.0311. The van der Waals surface area contributed by atoms with Crippen molar-refractivity contribution in [1.29, 1.82) is 0 Å². The first-order valence-electron chi connectivity index (χ1n) is 13.5. The van der Waals surface area contributed by atoms with Crippen molar-refractivity contribution in [1.82, 2.24) is 4.57 Å². The third-order valence-corrected chi connectivity index (χ3v) is 9.12. The van der Waals surface area contributed by atoms with Gasteiger partial charge in [-0.25, -0.2) is 0 Å². The largest absolute Gasteiger partial charge is 0.309 e. The average molecular weight is 484 g/mol. The predicted molar refractivity (Wildman–Crippen MR) is 160 cm³/mol. The van der Waals surface area contributed by atoms with Crippen LogP contribution in [0.5, 0.6) is 0 Å². The Hall–Kier alpha value is -4.62. The highest BCUT2D eigenvalue weighted by Crippen LogP contribution is 2.52. The van der Waals surface area contributed by atoms with E-state index in [1.807, 2.05) is 0 Å². The number of para-hydroxylation sites is 1. The summed E-state index contributed by atoms with van der Waals surface area (Å²) < 4.78 is 2.48. The molecule has 2 aliphatic rings. The van der Waals surface area contributed by atoms with Gasteiger partial charge in [0.25, 0.3) is 0 Å². The van der Waals surface area contributed by atoms with Crippen LogP contribution < -0.4 is 0 Å². The van der Waals surface area contributed by atoms with Crippen molar-refractivity contribution in [3.63, 3.8) is 0 Å². The molecule has 0 amide bonds. The van der Waals surface area contributed by atoms with Crippen LogP contribution in [0.1, 0.15) is 25.0 Å². The summed E-state index contributed by atoms with van der Waals surface area (Å²) in [6.07, 6.45) is 0.